The Labute approximate surface area is 127 Å². The fraction of sp³-hybridized carbons (Fsp3) is 1.00. The average molecular weight is 283 g/mol. The number of hydrogen-bond donors (Lipinski definition) is 1. The molecule has 1 aliphatic heterocycles. The highest BCUT2D eigenvalue weighted by Gasteiger charge is 2.32. The number of rotatable bonds is 13. The Bertz CT molecular complexity index is 211. The van der Waals surface area contributed by atoms with Crippen molar-refractivity contribution in [2.75, 3.05) is 13.3 Å². The van der Waals surface area contributed by atoms with E-state index in [1.807, 2.05) is 0 Å². The van der Waals surface area contributed by atoms with E-state index < -0.39 is 0 Å². The first-order chi connectivity index (χ1) is 9.83. The first kappa shape index (κ1) is 18.0. The molecule has 0 aromatic heterocycles. The Morgan fingerprint density at radius 1 is 0.750 bits per heavy atom. The summed E-state index contributed by atoms with van der Waals surface area (Å²) in [6.45, 7) is 6.28. The lowest BCUT2D eigenvalue weighted by molar-refractivity contribution is 0.168. The second-order valence-corrected chi connectivity index (χ2v) is 6.63. The minimum Gasteiger partial charge on any atom is -0.364 e. The lowest BCUT2D eigenvalue weighted by atomic mass is 9.87. The maximum atomic E-state index is 5.62. The summed E-state index contributed by atoms with van der Waals surface area (Å²) in [4.78, 5) is 0. The minimum absolute atomic E-state index is 0.316. The molecule has 0 radical (unpaired) electrons. The summed E-state index contributed by atoms with van der Waals surface area (Å²) in [7, 11) is 0. The molecule has 1 aliphatic rings. The van der Waals surface area contributed by atoms with Crippen molar-refractivity contribution in [1.29, 1.82) is 0 Å². The van der Waals surface area contributed by atoms with Crippen molar-refractivity contribution in [1.82, 2.24) is 5.32 Å². The molecule has 1 N–H and O–H groups in total. The average Bonchev–Trinajstić information content (AvgIpc) is 2.92. The second kappa shape index (κ2) is 11.6. The molecule has 120 valence electrons. The van der Waals surface area contributed by atoms with Crippen molar-refractivity contribution in [2.24, 2.45) is 0 Å². The summed E-state index contributed by atoms with van der Waals surface area (Å²) < 4.78 is 5.62. The van der Waals surface area contributed by atoms with Crippen LogP contribution in [-0.4, -0.2) is 18.9 Å². The molecule has 2 nitrogen and oxygen atoms in total. The van der Waals surface area contributed by atoms with Crippen LogP contribution >= 0.6 is 0 Å². The van der Waals surface area contributed by atoms with Gasteiger partial charge in [0.25, 0.3) is 0 Å². The molecule has 0 spiro atoms. The third kappa shape index (κ3) is 7.64. The highest BCUT2D eigenvalue weighted by molar-refractivity contribution is 4.90. The van der Waals surface area contributed by atoms with Gasteiger partial charge in [-0.15, -0.1) is 0 Å². The molecule has 0 saturated carbocycles. The van der Waals surface area contributed by atoms with Gasteiger partial charge < -0.3 is 4.74 Å². The van der Waals surface area contributed by atoms with Gasteiger partial charge in [-0.3, -0.25) is 5.32 Å². The van der Waals surface area contributed by atoms with Crippen LogP contribution in [0.3, 0.4) is 0 Å². The molecule has 0 bridgehead atoms. The molecule has 1 fully saturated rings. The molecular formula is C18H37NO. The predicted molar refractivity (Wildman–Crippen MR) is 88.1 cm³/mol. The molecule has 1 saturated heterocycles. The van der Waals surface area contributed by atoms with Gasteiger partial charge in [0.05, 0.1) is 13.3 Å². The van der Waals surface area contributed by atoms with Gasteiger partial charge in [-0.25, -0.2) is 0 Å². The zero-order valence-electron chi connectivity index (χ0n) is 14.0. The van der Waals surface area contributed by atoms with Crippen LogP contribution < -0.4 is 5.32 Å². The fourth-order valence-electron chi connectivity index (χ4n) is 3.26. The Kier molecular flexibility index (Phi) is 10.4. The highest BCUT2D eigenvalue weighted by atomic mass is 16.5. The number of nitrogens with one attached hydrogen (secondary N) is 1. The summed E-state index contributed by atoms with van der Waals surface area (Å²) in [6, 6.07) is 0. The zero-order valence-corrected chi connectivity index (χ0v) is 14.0. The van der Waals surface area contributed by atoms with Gasteiger partial charge in [0.1, 0.15) is 0 Å². The number of ether oxygens (including phenoxy) is 1. The summed E-state index contributed by atoms with van der Waals surface area (Å²) in [5.74, 6) is 0. The Morgan fingerprint density at radius 3 is 1.70 bits per heavy atom. The van der Waals surface area contributed by atoms with Gasteiger partial charge >= 0.3 is 0 Å². The monoisotopic (exact) mass is 283 g/mol. The molecule has 0 amide bonds. The van der Waals surface area contributed by atoms with Crippen molar-refractivity contribution in [3.63, 3.8) is 0 Å². The van der Waals surface area contributed by atoms with E-state index in [9.17, 15) is 0 Å². The second-order valence-electron chi connectivity index (χ2n) is 6.63. The topological polar surface area (TPSA) is 21.3 Å². The van der Waals surface area contributed by atoms with E-state index in [0.717, 1.165) is 13.3 Å². The van der Waals surface area contributed by atoms with E-state index in [1.165, 1.54) is 83.5 Å². The third-order valence-corrected chi connectivity index (χ3v) is 4.70. The highest BCUT2D eigenvalue weighted by Crippen LogP contribution is 2.26. The summed E-state index contributed by atoms with van der Waals surface area (Å²) in [5, 5.41) is 3.64. The van der Waals surface area contributed by atoms with Gasteiger partial charge in [0, 0.05) is 5.54 Å². The maximum absolute atomic E-state index is 5.62. The van der Waals surface area contributed by atoms with Crippen LogP contribution in [0.5, 0.6) is 0 Å². The van der Waals surface area contributed by atoms with E-state index in [1.54, 1.807) is 0 Å². The van der Waals surface area contributed by atoms with Crippen LogP contribution in [0.25, 0.3) is 0 Å². The van der Waals surface area contributed by atoms with Crippen LogP contribution in [0.4, 0.5) is 0 Å². The van der Waals surface area contributed by atoms with Crippen molar-refractivity contribution < 1.29 is 4.74 Å². The molecule has 0 aromatic rings. The molecule has 1 heterocycles. The van der Waals surface area contributed by atoms with Crippen molar-refractivity contribution >= 4 is 0 Å². The standard InChI is InChI=1S/C18H37NO/c1-3-5-7-9-11-13-15-18(16-20-17-19-18)14-12-10-8-6-4-2/h19H,3-17H2,1-2H3. The van der Waals surface area contributed by atoms with Gasteiger partial charge in [-0.1, -0.05) is 84.5 Å². The van der Waals surface area contributed by atoms with Crippen LogP contribution in [-0.2, 0) is 4.74 Å². The third-order valence-electron chi connectivity index (χ3n) is 4.70. The van der Waals surface area contributed by atoms with Crippen molar-refractivity contribution in [3.8, 4) is 0 Å². The molecule has 1 atom stereocenters. The summed E-state index contributed by atoms with van der Waals surface area (Å²) in [5.41, 5.74) is 0.316. The molecule has 1 rings (SSSR count). The summed E-state index contributed by atoms with van der Waals surface area (Å²) in [6.07, 6.45) is 17.9. The molecular weight excluding hydrogens is 246 g/mol. The Morgan fingerprint density at radius 2 is 1.25 bits per heavy atom. The van der Waals surface area contributed by atoms with Gasteiger partial charge in [-0.05, 0) is 12.8 Å². The van der Waals surface area contributed by atoms with E-state index in [0.29, 0.717) is 5.54 Å². The number of hydrogen-bond acceptors (Lipinski definition) is 2. The first-order valence-electron chi connectivity index (χ1n) is 9.16. The van der Waals surface area contributed by atoms with Crippen LogP contribution in [0.1, 0.15) is 97.3 Å². The van der Waals surface area contributed by atoms with Gasteiger partial charge in [0.2, 0.25) is 0 Å². The van der Waals surface area contributed by atoms with Crippen LogP contribution in [0, 0.1) is 0 Å². The predicted octanol–water partition coefficient (Wildman–Crippen LogP) is 5.41. The van der Waals surface area contributed by atoms with E-state index in [-0.39, 0.29) is 0 Å². The molecule has 0 aromatic carbocycles. The lowest BCUT2D eigenvalue weighted by Gasteiger charge is -2.28. The molecule has 1 unspecified atom stereocenters. The largest absolute Gasteiger partial charge is 0.364 e. The Hall–Kier alpha value is -0.0800. The summed E-state index contributed by atoms with van der Waals surface area (Å²) >= 11 is 0. The number of unbranched alkanes of at least 4 members (excludes halogenated alkanes) is 9. The fourth-order valence-corrected chi connectivity index (χ4v) is 3.26. The van der Waals surface area contributed by atoms with Gasteiger partial charge in [-0.2, -0.15) is 0 Å². The quantitative estimate of drug-likeness (QED) is 0.456. The Balaban J connectivity index is 2.11. The van der Waals surface area contributed by atoms with E-state index >= 15 is 0 Å². The smallest absolute Gasteiger partial charge is 0.0971 e. The lowest BCUT2D eigenvalue weighted by Crippen LogP contribution is -2.42. The normalized spacial score (nSPS) is 22.5. The molecule has 0 aliphatic carbocycles. The van der Waals surface area contributed by atoms with Crippen molar-refractivity contribution in [2.45, 2.75) is 103 Å². The molecule has 20 heavy (non-hydrogen) atoms. The maximum Gasteiger partial charge on any atom is 0.0971 e. The molecule has 2 heteroatoms. The van der Waals surface area contributed by atoms with Crippen LogP contribution in [0.15, 0.2) is 0 Å². The first-order valence-corrected chi connectivity index (χ1v) is 9.16. The van der Waals surface area contributed by atoms with Gasteiger partial charge in [0.15, 0.2) is 0 Å². The zero-order chi connectivity index (χ0) is 14.5. The van der Waals surface area contributed by atoms with E-state index in [4.69, 9.17) is 4.74 Å². The van der Waals surface area contributed by atoms with Crippen LogP contribution in [0.2, 0.25) is 0 Å². The minimum atomic E-state index is 0.316. The van der Waals surface area contributed by atoms with E-state index in [2.05, 4.69) is 19.2 Å². The van der Waals surface area contributed by atoms with Crippen molar-refractivity contribution in [3.05, 3.63) is 0 Å². The SMILES string of the molecule is CCCCCCCCC1(CCCCCCC)COCN1.